The minimum absolute atomic E-state index is 0.309. The van der Waals surface area contributed by atoms with E-state index in [9.17, 15) is 10.1 Å². The van der Waals surface area contributed by atoms with E-state index in [1.807, 2.05) is 38.4 Å². The molecular formula is C25H27N5O3. The molecule has 33 heavy (non-hydrogen) atoms. The number of ether oxygens (including phenoxy) is 2. The summed E-state index contributed by atoms with van der Waals surface area (Å²) < 4.78 is 13.6. The predicted octanol–water partition coefficient (Wildman–Crippen LogP) is 4.60. The molecule has 0 radical (unpaired) electrons. The van der Waals surface area contributed by atoms with E-state index in [4.69, 9.17) is 9.47 Å². The van der Waals surface area contributed by atoms with Gasteiger partial charge in [-0.05, 0) is 69.2 Å². The number of rotatable bonds is 5. The number of pyridine rings is 1. The van der Waals surface area contributed by atoms with E-state index < -0.39 is 5.60 Å². The summed E-state index contributed by atoms with van der Waals surface area (Å²) in [6, 6.07) is 9.63. The van der Waals surface area contributed by atoms with Crippen LogP contribution in [0, 0.1) is 24.2 Å². The van der Waals surface area contributed by atoms with Crippen LogP contribution < -0.4 is 9.64 Å². The number of imidazole rings is 1. The minimum atomic E-state index is -0.487. The first-order valence-corrected chi connectivity index (χ1v) is 11.5. The fourth-order valence-electron chi connectivity index (χ4n) is 5.23. The number of anilines is 1. The molecule has 5 rings (SSSR count). The summed E-state index contributed by atoms with van der Waals surface area (Å²) in [5.74, 6) is 0.917. The average Bonchev–Trinajstić information content (AvgIpc) is 3.34. The summed E-state index contributed by atoms with van der Waals surface area (Å²) in [5.41, 5.74) is 3.70. The lowest BCUT2D eigenvalue weighted by molar-refractivity contribution is 0.00439. The van der Waals surface area contributed by atoms with E-state index in [1.165, 1.54) is 0 Å². The Morgan fingerprint density at radius 1 is 1.33 bits per heavy atom. The molecule has 3 heterocycles. The van der Waals surface area contributed by atoms with Crippen LogP contribution in [0.2, 0.25) is 0 Å². The summed E-state index contributed by atoms with van der Waals surface area (Å²) >= 11 is 0. The van der Waals surface area contributed by atoms with Crippen molar-refractivity contribution < 1.29 is 14.3 Å². The number of aryl methyl sites for hydroxylation is 1. The summed E-state index contributed by atoms with van der Waals surface area (Å²) in [5, 5.41) is 9.25. The van der Waals surface area contributed by atoms with E-state index in [2.05, 4.69) is 20.6 Å². The maximum Gasteiger partial charge on any atom is 0.415 e. The molecule has 8 heteroatoms. The number of fused-ring (bicyclic) bond motifs is 1. The number of carbonyl (C=O) groups excluding carboxylic acids is 1. The Kier molecular flexibility index (Phi) is 5.41. The SMILES string of the molecule is CCOc1cc(C)c(N2C[C@@]3(CCC[C@H](Cn4cnc5ccc(C#N)cc54)C3)OC2=O)cn1. The van der Waals surface area contributed by atoms with Crippen LogP contribution in [0.15, 0.2) is 36.8 Å². The highest BCUT2D eigenvalue weighted by molar-refractivity contribution is 5.91. The van der Waals surface area contributed by atoms with Gasteiger partial charge in [0, 0.05) is 12.6 Å². The van der Waals surface area contributed by atoms with Crippen molar-refractivity contribution in [2.45, 2.75) is 51.7 Å². The van der Waals surface area contributed by atoms with Crippen molar-refractivity contribution in [1.82, 2.24) is 14.5 Å². The van der Waals surface area contributed by atoms with E-state index in [0.717, 1.165) is 54.5 Å². The highest BCUT2D eigenvalue weighted by atomic mass is 16.6. The van der Waals surface area contributed by atoms with Gasteiger partial charge in [-0.15, -0.1) is 0 Å². The highest BCUT2D eigenvalue weighted by Gasteiger charge is 2.48. The predicted molar refractivity (Wildman–Crippen MR) is 123 cm³/mol. The smallest absolute Gasteiger partial charge is 0.415 e. The number of carbonyl (C=O) groups is 1. The fraction of sp³-hybridized carbons (Fsp3) is 0.440. The molecule has 1 aliphatic carbocycles. The molecule has 1 aromatic carbocycles. The third kappa shape index (κ3) is 3.99. The van der Waals surface area contributed by atoms with Gasteiger partial charge < -0.3 is 14.0 Å². The average molecular weight is 446 g/mol. The summed E-state index contributed by atoms with van der Waals surface area (Å²) in [7, 11) is 0. The standard InChI is InChI=1S/C25H27N5O3/c1-3-32-23-9-17(2)22(13-27-23)30-15-25(33-24(30)31)8-4-5-19(11-25)14-29-16-28-20-7-6-18(12-26)10-21(20)29/h6-7,9-10,13,16,19H,3-5,8,11,14-15H2,1-2H3/t19-,25-/m0/s1. The fourth-order valence-corrected chi connectivity index (χ4v) is 5.23. The van der Waals surface area contributed by atoms with Crippen LogP contribution >= 0.6 is 0 Å². The van der Waals surface area contributed by atoms with Gasteiger partial charge in [0.1, 0.15) is 5.60 Å². The summed E-state index contributed by atoms with van der Waals surface area (Å²) in [6.45, 7) is 5.74. The number of benzene rings is 1. The molecule has 0 bridgehead atoms. The topological polar surface area (TPSA) is 93.3 Å². The van der Waals surface area contributed by atoms with Crippen molar-refractivity contribution in [3.63, 3.8) is 0 Å². The molecule has 1 saturated heterocycles. The summed E-state index contributed by atoms with van der Waals surface area (Å²) in [4.78, 5) is 23.4. The van der Waals surface area contributed by atoms with E-state index >= 15 is 0 Å². The summed E-state index contributed by atoms with van der Waals surface area (Å²) in [6.07, 6.45) is 6.97. The molecule has 2 aliphatic rings. The van der Waals surface area contributed by atoms with Gasteiger partial charge in [0.2, 0.25) is 5.88 Å². The van der Waals surface area contributed by atoms with Gasteiger partial charge in [0.25, 0.3) is 0 Å². The molecule has 2 atom stereocenters. The van der Waals surface area contributed by atoms with Crippen LogP contribution in [0.5, 0.6) is 5.88 Å². The number of nitriles is 1. The first-order valence-electron chi connectivity index (χ1n) is 11.5. The van der Waals surface area contributed by atoms with E-state index in [0.29, 0.717) is 30.5 Å². The number of amides is 1. The monoisotopic (exact) mass is 445 g/mol. The van der Waals surface area contributed by atoms with E-state index in [-0.39, 0.29) is 6.09 Å². The first kappa shape index (κ1) is 21.3. The van der Waals surface area contributed by atoms with Gasteiger partial charge in [0.05, 0.1) is 54.0 Å². The molecule has 8 nitrogen and oxygen atoms in total. The quantitative estimate of drug-likeness (QED) is 0.570. The number of hydrogen-bond donors (Lipinski definition) is 0. The largest absolute Gasteiger partial charge is 0.478 e. The van der Waals surface area contributed by atoms with Crippen LogP contribution in [0.4, 0.5) is 10.5 Å². The maximum absolute atomic E-state index is 12.9. The Bertz CT molecular complexity index is 1250. The zero-order valence-electron chi connectivity index (χ0n) is 19.0. The molecule has 0 N–H and O–H groups in total. The van der Waals surface area contributed by atoms with Crippen LogP contribution in [0.1, 0.15) is 43.7 Å². The maximum atomic E-state index is 12.9. The molecule has 170 valence electrons. The molecule has 1 spiro atoms. The second-order valence-electron chi connectivity index (χ2n) is 9.05. The van der Waals surface area contributed by atoms with Gasteiger partial charge in [-0.25, -0.2) is 14.8 Å². The number of hydrogen-bond acceptors (Lipinski definition) is 6. The van der Waals surface area contributed by atoms with Gasteiger partial charge >= 0.3 is 6.09 Å². The third-order valence-electron chi connectivity index (χ3n) is 6.72. The molecule has 1 saturated carbocycles. The van der Waals surface area contributed by atoms with E-state index in [1.54, 1.807) is 17.2 Å². The Balaban J connectivity index is 1.33. The molecule has 2 aromatic heterocycles. The molecule has 1 aliphatic heterocycles. The Morgan fingerprint density at radius 2 is 2.21 bits per heavy atom. The number of nitrogens with zero attached hydrogens (tertiary/aromatic N) is 5. The van der Waals surface area contributed by atoms with Crippen molar-refractivity contribution >= 4 is 22.8 Å². The lowest BCUT2D eigenvalue weighted by Crippen LogP contribution is -2.40. The van der Waals surface area contributed by atoms with Crippen LogP contribution in [-0.2, 0) is 11.3 Å². The van der Waals surface area contributed by atoms with Gasteiger partial charge in [0.15, 0.2) is 0 Å². The minimum Gasteiger partial charge on any atom is -0.478 e. The van der Waals surface area contributed by atoms with Crippen molar-refractivity contribution in [1.29, 1.82) is 5.26 Å². The van der Waals surface area contributed by atoms with Crippen molar-refractivity contribution in [2.24, 2.45) is 5.92 Å². The van der Waals surface area contributed by atoms with Crippen LogP contribution in [-0.4, -0.2) is 39.4 Å². The second-order valence-corrected chi connectivity index (χ2v) is 9.05. The van der Waals surface area contributed by atoms with Crippen LogP contribution in [0.3, 0.4) is 0 Å². The molecule has 3 aromatic rings. The zero-order chi connectivity index (χ0) is 23.0. The molecule has 0 unspecified atom stereocenters. The Morgan fingerprint density at radius 3 is 3.00 bits per heavy atom. The normalized spacial score (nSPS) is 22.5. The second kappa shape index (κ2) is 8.39. The Hall–Kier alpha value is -3.60. The van der Waals surface area contributed by atoms with Gasteiger partial charge in [-0.3, -0.25) is 4.90 Å². The van der Waals surface area contributed by atoms with Gasteiger partial charge in [-0.1, -0.05) is 0 Å². The highest BCUT2D eigenvalue weighted by Crippen LogP contribution is 2.42. The van der Waals surface area contributed by atoms with Gasteiger partial charge in [-0.2, -0.15) is 5.26 Å². The zero-order valence-corrected chi connectivity index (χ0v) is 19.0. The number of aromatic nitrogens is 3. The molecular weight excluding hydrogens is 418 g/mol. The first-order chi connectivity index (χ1) is 16.0. The third-order valence-corrected chi connectivity index (χ3v) is 6.72. The van der Waals surface area contributed by atoms with Crippen molar-refractivity contribution in [3.05, 3.63) is 47.9 Å². The molecule has 2 fully saturated rings. The lowest BCUT2D eigenvalue weighted by Gasteiger charge is -2.36. The van der Waals surface area contributed by atoms with Crippen molar-refractivity contribution in [2.75, 3.05) is 18.1 Å². The van der Waals surface area contributed by atoms with Crippen LogP contribution in [0.25, 0.3) is 11.0 Å². The lowest BCUT2D eigenvalue weighted by atomic mass is 9.78. The Labute approximate surface area is 192 Å². The van der Waals surface area contributed by atoms with Crippen molar-refractivity contribution in [3.8, 4) is 11.9 Å². The molecule has 1 amide bonds.